The van der Waals surface area contributed by atoms with Crippen LogP contribution in [-0.2, 0) is 0 Å². The molecule has 0 atom stereocenters. The van der Waals surface area contributed by atoms with Gasteiger partial charge in [-0.05, 0) is 19.1 Å². The summed E-state index contributed by atoms with van der Waals surface area (Å²) in [6.07, 6.45) is 5.26. The predicted octanol–water partition coefficient (Wildman–Crippen LogP) is 0.987. The van der Waals surface area contributed by atoms with Gasteiger partial charge in [-0.15, -0.1) is 0 Å². The molecule has 2 N–H and O–H groups in total. The Morgan fingerprint density at radius 1 is 1.40 bits per heavy atom. The minimum atomic E-state index is 1.01. The molecule has 0 unspecified atom stereocenters. The van der Waals surface area contributed by atoms with Gasteiger partial charge in [0.1, 0.15) is 0 Å². The van der Waals surface area contributed by atoms with Gasteiger partial charge >= 0.3 is 0 Å². The Balaban J connectivity index is 2.33. The molecule has 0 aromatic heterocycles. The fraction of sp³-hybridized carbons (Fsp3) is 0.500. The van der Waals surface area contributed by atoms with Crippen LogP contribution >= 0.6 is 0 Å². The Kier molecular flexibility index (Phi) is 2.37. The van der Waals surface area contributed by atoms with Crippen LogP contribution in [0.3, 0.4) is 0 Å². The molecule has 2 nitrogen and oxygen atoms in total. The van der Waals surface area contributed by atoms with Crippen molar-refractivity contribution in [2.45, 2.75) is 13.3 Å². The summed E-state index contributed by atoms with van der Waals surface area (Å²) in [4.78, 5) is 0. The van der Waals surface area contributed by atoms with Gasteiger partial charge in [0, 0.05) is 31.4 Å². The zero-order chi connectivity index (χ0) is 7.40. The molecule has 0 spiro atoms. The highest BCUT2D eigenvalue weighted by Gasteiger charge is 2.03. The van der Waals surface area contributed by atoms with Crippen LogP contribution in [-0.4, -0.2) is 13.6 Å². The lowest BCUT2D eigenvalue weighted by atomic mass is 10.3. The molecule has 0 saturated carbocycles. The summed E-state index contributed by atoms with van der Waals surface area (Å²) in [5, 5.41) is 6.40. The molecule has 0 fully saturated rings. The minimum absolute atomic E-state index is 1.01. The van der Waals surface area contributed by atoms with Gasteiger partial charge in [-0.25, -0.2) is 0 Å². The van der Waals surface area contributed by atoms with Crippen molar-refractivity contribution in [3.05, 3.63) is 23.5 Å². The third-order valence-corrected chi connectivity index (χ3v) is 1.59. The second kappa shape index (κ2) is 3.30. The van der Waals surface area contributed by atoms with Gasteiger partial charge in [0.2, 0.25) is 0 Å². The van der Waals surface area contributed by atoms with Crippen molar-refractivity contribution in [1.29, 1.82) is 0 Å². The van der Waals surface area contributed by atoms with E-state index in [1.165, 1.54) is 11.4 Å². The summed E-state index contributed by atoms with van der Waals surface area (Å²) in [7, 11) is 1.95. The average Bonchev–Trinajstić information content (AvgIpc) is 2.37. The second-order valence-corrected chi connectivity index (χ2v) is 2.34. The highest BCUT2D eigenvalue weighted by Crippen LogP contribution is 2.12. The van der Waals surface area contributed by atoms with Crippen molar-refractivity contribution in [2.75, 3.05) is 13.6 Å². The number of hydrogen-bond acceptors (Lipinski definition) is 2. The van der Waals surface area contributed by atoms with Crippen LogP contribution in [0.4, 0.5) is 0 Å². The monoisotopic (exact) mass is 138 g/mol. The maximum Gasteiger partial charge on any atom is 0.0271 e. The smallest absolute Gasteiger partial charge is 0.0271 e. The lowest BCUT2D eigenvalue weighted by Gasteiger charge is -2.04. The predicted molar refractivity (Wildman–Crippen MR) is 43.5 cm³/mol. The lowest BCUT2D eigenvalue weighted by molar-refractivity contribution is 0.802. The van der Waals surface area contributed by atoms with E-state index in [1.54, 1.807) is 0 Å². The van der Waals surface area contributed by atoms with Crippen molar-refractivity contribution >= 4 is 0 Å². The van der Waals surface area contributed by atoms with E-state index in [0.29, 0.717) is 0 Å². The maximum atomic E-state index is 3.28. The van der Waals surface area contributed by atoms with Gasteiger partial charge in [0.15, 0.2) is 0 Å². The minimum Gasteiger partial charge on any atom is -0.391 e. The SMILES string of the molecule is CCNC1=CC=C(NC)C1. The van der Waals surface area contributed by atoms with E-state index in [2.05, 4.69) is 29.7 Å². The summed E-state index contributed by atoms with van der Waals surface area (Å²) in [6, 6.07) is 0. The van der Waals surface area contributed by atoms with Crippen LogP contribution in [0.15, 0.2) is 23.5 Å². The van der Waals surface area contributed by atoms with E-state index in [4.69, 9.17) is 0 Å². The first-order valence-electron chi connectivity index (χ1n) is 3.68. The van der Waals surface area contributed by atoms with Crippen LogP contribution in [0.25, 0.3) is 0 Å². The van der Waals surface area contributed by atoms with E-state index < -0.39 is 0 Å². The standard InChI is InChI=1S/C8H14N2/c1-3-10-8-5-4-7(6-8)9-2/h4-5,9-10H,3,6H2,1-2H3. The molecule has 0 heterocycles. The van der Waals surface area contributed by atoms with Crippen LogP contribution in [0.1, 0.15) is 13.3 Å². The molecule has 10 heavy (non-hydrogen) atoms. The number of nitrogens with one attached hydrogen (secondary N) is 2. The lowest BCUT2D eigenvalue weighted by Crippen LogP contribution is -2.13. The van der Waals surface area contributed by atoms with Crippen LogP contribution in [0.2, 0.25) is 0 Å². The molecule has 0 saturated heterocycles. The molecule has 2 heteroatoms. The molecule has 1 aliphatic rings. The highest BCUT2D eigenvalue weighted by atomic mass is 14.9. The Morgan fingerprint density at radius 2 is 2.10 bits per heavy atom. The van der Waals surface area contributed by atoms with Gasteiger partial charge in [-0.2, -0.15) is 0 Å². The Hall–Kier alpha value is -0.920. The van der Waals surface area contributed by atoms with Crippen LogP contribution < -0.4 is 10.6 Å². The topological polar surface area (TPSA) is 24.1 Å². The Labute approximate surface area is 62.0 Å². The first-order chi connectivity index (χ1) is 4.86. The highest BCUT2D eigenvalue weighted by molar-refractivity contribution is 5.27. The maximum absolute atomic E-state index is 3.28. The Bertz CT molecular complexity index is 168. The first-order valence-corrected chi connectivity index (χ1v) is 3.68. The fourth-order valence-electron chi connectivity index (χ4n) is 1.04. The molecule has 1 rings (SSSR count). The third kappa shape index (κ3) is 1.53. The molecule has 0 bridgehead atoms. The zero-order valence-corrected chi connectivity index (χ0v) is 6.57. The average molecular weight is 138 g/mol. The molecule has 0 aliphatic heterocycles. The largest absolute Gasteiger partial charge is 0.391 e. The Morgan fingerprint density at radius 3 is 2.60 bits per heavy atom. The second-order valence-electron chi connectivity index (χ2n) is 2.34. The summed E-state index contributed by atoms with van der Waals surface area (Å²) in [5.74, 6) is 0. The quantitative estimate of drug-likeness (QED) is 0.607. The molecular weight excluding hydrogens is 124 g/mol. The van der Waals surface area contributed by atoms with E-state index in [9.17, 15) is 0 Å². The zero-order valence-electron chi connectivity index (χ0n) is 6.57. The normalized spacial score (nSPS) is 16.2. The van der Waals surface area contributed by atoms with Crippen molar-refractivity contribution in [1.82, 2.24) is 10.6 Å². The van der Waals surface area contributed by atoms with Crippen molar-refractivity contribution < 1.29 is 0 Å². The molecule has 0 aromatic carbocycles. The van der Waals surface area contributed by atoms with Crippen molar-refractivity contribution in [3.8, 4) is 0 Å². The van der Waals surface area contributed by atoms with E-state index in [0.717, 1.165) is 13.0 Å². The fourth-order valence-corrected chi connectivity index (χ4v) is 1.04. The molecular formula is C8H14N2. The van der Waals surface area contributed by atoms with Gasteiger partial charge in [0.25, 0.3) is 0 Å². The van der Waals surface area contributed by atoms with Gasteiger partial charge in [0.05, 0.1) is 0 Å². The summed E-state index contributed by atoms with van der Waals surface area (Å²) in [6.45, 7) is 3.12. The number of rotatable bonds is 3. The first kappa shape index (κ1) is 7.19. The number of allylic oxidation sites excluding steroid dienone is 2. The molecule has 56 valence electrons. The molecule has 0 aromatic rings. The van der Waals surface area contributed by atoms with Gasteiger partial charge in [-0.3, -0.25) is 0 Å². The number of hydrogen-bond donors (Lipinski definition) is 2. The molecule has 0 amide bonds. The van der Waals surface area contributed by atoms with Crippen LogP contribution in [0.5, 0.6) is 0 Å². The van der Waals surface area contributed by atoms with Crippen LogP contribution in [0, 0.1) is 0 Å². The van der Waals surface area contributed by atoms with Gasteiger partial charge in [-0.1, -0.05) is 0 Å². The molecule has 1 aliphatic carbocycles. The van der Waals surface area contributed by atoms with E-state index in [1.807, 2.05) is 7.05 Å². The summed E-state index contributed by atoms with van der Waals surface area (Å²) >= 11 is 0. The third-order valence-electron chi connectivity index (χ3n) is 1.59. The van der Waals surface area contributed by atoms with E-state index in [-0.39, 0.29) is 0 Å². The van der Waals surface area contributed by atoms with E-state index >= 15 is 0 Å². The van der Waals surface area contributed by atoms with Gasteiger partial charge < -0.3 is 10.6 Å². The summed E-state index contributed by atoms with van der Waals surface area (Å²) in [5.41, 5.74) is 2.60. The summed E-state index contributed by atoms with van der Waals surface area (Å²) < 4.78 is 0. The van der Waals surface area contributed by atoms with Crippen molar-refractivity contribution in [3.63, 3.8) is 0 Å². The van der Waals surface area contributed by atoms with Crippen molar-refractivity contribution in [2.24, 2.45) is 0 Å². The molecule has 0 radical (unpaired) electrons.